The minimum atomic E-state index is -0.126. The summed E-state index contributed by atoms with van der Waals surface area (Å²) >= 11 is 0. The predicted octanol–water partition coefficient (Wildman–Crippen LogP) is 2.60. The molecule has 5 nitrogen and oxygen atoms in total. The van der Waals surface area contributed by atoms with E-state index >= 15 is 0 Å². The number of nitrogens with two attached hydrogens (primary N) is 1. The van der Waals surface area contributed by atoms with Gasteiger partial charge in [-0.1, -0.05) is 12.1 Å². The topological polar surface area (TPSA) is 67.6 Å². The van der Waals surface area contributed by atoms with E-state index in [1.807, 2.05) is 45.0 Å². The molecule has 0 bridgehead atoms. The smallest absolute Gasteiger partial charge is 0.322 e. The van der Waals surface area contributed by atoms with Crippen molar-refractivity contribution >= 4 is 11.7 Å². The Morgan fingerprint density at radius 2 is 2.10 bits per heavy atom. The first-order valence-electron chi connectivity index (χ1n) is 6.87. The van der Waals surface area contributed by atoms with Crippen LogP contribution < -0.4 is 11.1 Å². The number of carbonyl (C=O) groups excluding carboxylic acids is 1. The number of anilines is 1. The minimum Gasteiger partial charge on any atom is -0.383 e. The van der Waals surface area contributed by atoms with Gasteiger partial charge in [0.15, 0.2) is 0 Å². The molecule has 1 unspecified atom stereocenters. The Morgan fingerprint density at radius 1 is 1.40 bits per heavy atom. The van der Waals surface area contributed by atoms with Gasteiger partial charge in [0.2, 0.25) is 0 Å². The molecule has 0 spiro atoms. The fourth-order valence-electron chi connectivity index (χ4n) is 1.88. The number of methoxy groups -OCH3 is 1. The monoisotopic (exact) mass is 279 g/mol. The SMILES string of the molecule is COCCN(C(=O)Nc1cccc(C(C)N)c1)C(C)C. The summed E-state index contributed by atoms with van der Waals surface area (Å²) in [6.45, 7) is 6.96. The van der Waals surface area contributed by atoms with E-state index in [2.05, 4.69) is 5.32 Å². The molecule has 0 saturated heterocycles. The predicted molar refractivity (Wildman–Crippen MR) is 81.8 cm³/mol. The van der Waals surface area contributed by atoms with Crippen LogP contribution in [0.5, 0.6) is 0 Å². The van der Waals surface area contributed by atoms with Crippen molar-refractivity contribution in [1.82, 2.24) is 4.90 Å². The average Bonchev–Trinajstić information content (AvgIpc) is 2.39. The molecular weight excluding hydrogens is 254 g/mol. The molecule has 0 saturated carbocycles. The van der Waals surface area contributed by atoms with E-state index in [-0.39, 0.29) is 18.1 Å². The Kier molecular flexibility index (Phi) is 6.48. The summed E-state index contributed by atoms with van der Waals surface area (Å²) in [5, 5.41) is 2.90. The summed E-state index contributed by atoms with van der Waals surface area (Å²) in [7, 11) is 1.63. The molecule has 3 N–H and O–H groups in total. The quantitative estimate of drug-likeness (QED) is 0.841. The summed E-state index contributed by atoms with van der Waals surface area (Å²) in [5.74, 6) is 0. The van der Waals surface area contributed by atoms with Crippen LogP contribution in [0.2, 0.25) is 0 Å². The molecular formula is C15H25N3O2. The number of carbonyl (C=O) groups is 1. The first-order valence-corrected chi connectivity index (χ1v) is 6.87. The second-order valence-electron chi connectivity index (χ2n) is 5.12. The van der Waals surface area contributed by atoms with E-state index in [0.29, 0.717) is 13.2 Å². The Hall–Kier alpha value is -1.59. The zero-order valence-corrected chi connectivity index (χ0v) is 12.7. The van der Waals surface area contributed by atoms with Crippen molar-refractivity contribution in [3.63, 3.8) is 0 Å². The van der Waals surface area contributed by atoms with E-state index in [4.69, 9.17) is 10.5 Å². The Balaban J connectivity index is 2.74. The van der Waals surface area contributed by atoms with Crippen molar-refractivity contribution in [3.8, 4) is 0 Å². The van der Waals surface area contributed by atoms with E-state index in [1.54, 1.807) is 12.0 Å². The molecule has 1 aromatic rings. The average molecular weight is 279 g/mol. The molecule has 0 aliphatic rings. The molecule has 1 rings (SSSR count). The number of amides is 2. The van der Waals surface area contributed by atoms with Crippen molar-refractivity contribution in [3.05, 3.63) is 29.8 Å². The lowest BCUT2D eigenvalue weighted by molar-refractivity contribution is 0.143. The van der Waals surface area contributed by atoms with Crippen LogP contribution in [0.4, 0.5) is 10.5 Å². The summed E-state index contributed by atoms with van der Waals surface area (Å²) in [6.07, 6.45) is 0. The van der Waals surface area contributed by atoms with E-state index in [1.165, 1.54) is 0 Å². The number of nitrogens with zero attached hydrogens (tertiary/aromatic N) is 1. The van der Waals surface area contributed by atoms with Gasteiger partial charge in [-0.3, -0.25) is 0 Å². The van der Waals surface area contributed by atoms with Crippen LogP contribution in [-0.2, 0) is 4.74 Å². The van der Waals surface area contributed by atoms with Gasteiger partial charge in [0.05, 0.1) is 6.61 Å². The molecule has 5 heteroatoms. The molecule has 0 aliphatic heterocycles. The van der Waals surface area contributed by atoms with Crippen LogP contribution in [0, 0.1) is 0 Å². The van der Waals surface area contributed by atoms with Crippen LogP contribution in [0.1, 0.15) is 32.4 Å². The molecule has 2 amide bonds. The molecule has 0 aromatic heterocycles. The molecule has 20 heavy (non-hydrogen) atoms. The van der Waals surface area contributed by atoms with Crippen LogP contribution in [0.25, 0.3) is 0 Å². The third kappa shape index (κ3) is 4.83. The molecule has 1 atom stereocenters. The third-order valence-electron chi connectivity index (χ3n) is 3.08. The highest BCUT2D eigenvalue weighted by Gasteiger charge is 2.16. The summed E-state index contributed by atoms with van der Waals surface area (Å²) in [6, 6.07) is 7.53. The van der Waals surface area contributed by atoms with Crippen LogP contribution in [0.15, 0.2) is 24.3 Å². The molecule has 0 aliphatic carbocycles. The van der Waals surface area contributed by atoms with Crippen molar-refractivity contribution in [1.29, 1.82) is 0 Å². The van der Waals surface area contributed by atoms with Gasteiger partial charge in [-0.2, -0.15) is 0 Å². The van der Waals surface area contributed by atoms with Gasteiger partial charge in [-0.15, -0.1) is 0 Å². The van der Waals surface area contributed by atoms with Gasteiger partial charge in [-0.05, 0) is 38.5 Å². The van der Waals surface area contributed by atoms with Crippen molar-refractivity contribution in [2.75, 3.05) is 25.6 Å². The molecule has 0 fully saturated rings. The lowest BCUT2D eigenvalue weighted by atomic mass is 10.1. The highest BCUT2D eigenvalue weighted by molar-refractivity contribution is 5.89. The zero-order valence-electron chi connectivity index (χ0n) is 12.7. The van der Waals surface area contributed by atoms with Gasteiger partial charge in [-0.25, -0.2) is 4.79 Å². The number of hydrogen-bond donors (Lipinski definition) is 2. The fourth-order valence-corrected chi connectivity index (χ4v) is 1.88. The first kappa shape index (κ1) is 16.5. The van der Waals surface area contributed by atoms with E-state index < -0.39 is 0 Å². The standard InChI is InChI=1S/C15H25N3O2/c1-11(2)18(8-9-20-4)15(19)17-14-7-5-6-13(10-14)12(3)16/h5-7,10-12H,8-9,16H2,1-4H3,(H,17,19). The maximum Gasteiger partial charge on any atom is 0.322 e. The normalized spacial score (nSPS) is 12.3. The maximum atomic E-state index is 12.3. The zero-order chi connectivity index (χ0) is 15.1. The Morgan fingerprint density at radius 3 is 2.65 bits per heavy atom. The lowest BCUT2D eigenvalue weighted by Crippen LogP contribution is -2.42. The van der Waals surface area contributed by atoms with Crippen molar-refractivity contribution < 1.29 is 9.53 Å². The second-order valence-corrected chi connectivity index (χ2v) is 5.12. The number of urea groups is 1. The highest BCUT2D eigenvalue weighted by atomic mass is 16.5. The third-order valence-corrected chi connectivity index (χ3v) is 3.08. The van der Waals surface area contributed by atoms with Crippen molar-refractivity contribution in [2.24, 2.45) is 5.73 Å². The molecule has 0 radical (unpaired) electrons. The van der Waals surface area contributed by atoms with Crippen LogP contribution in [0.3, 0.4) is 0 Å². The maximum absolute atomic E-state index is 12.3. The van der Waals surface area contributed by atoms with Gasteiger partial charge in [0.25, 0.3) is 0 Å². The number of benzene rings is 1. The highest BCUT2D eigenvalue weighted by Crippen LogP contribution is 2.16. The largest absolute Gasteiger partial charge is 0.383 e. The number of hydrogen-bond acceptors (Lipinski definition) is 3. The number of ether oxygens (including phenoxy) is 1. The van der Waals surface area contributed by atoms with E-state index in [0.717, 1.165) is 11.3 Å². The van der Waals surface area contributed by atoms with E-state index in [9.17, 15) is 4.79 Å². The van der Waals surface area contributed by atoms with Gasteiger partial charge in [0, 0.05) is 31.4 Å². The fraction of sp³-hybridized carbons (Fsp3) is 0.533. The Bertz CT molecular complexity index is 433. The van der Waals surface area contributed by atoms with Crippen molar-refractivity contribution in [2.45, 2.75) is 32.9 Å². The van der Waals surface area contributed by atoms with Gasteiger partial charge in [0.1, 0.15) is 0 Å². The van der Waals surface area contributed by atoms with Crippen LogP contribution in [-0.4, -0.2) is 37.2 Å². The number of nitrogens with one attached hydrogen (secondary N) is 1. The summed E-state index contributed by atoms with van der Waals surface area (Å²) in [4.78, 5) is 14.0. The number of rotatable bonds is 6. The molecule has 0 heterocycles. The molecule has 1 aromatic carbocycles. The summed E-state index contributed by atoms with van der Waals surface area (Å²) in [5.41, 5.74) is 7.60. The van der Waals surface area contributed by atoms with Gasteiger partial charge >= 0.3 is 6.03 Å². The van der Waals surface area contributed by atoms with Gasteiger partial charge < -0.3 is 20.7 Å². The second kappa shape index (κ2) is 7.87. The lowest BCUT2D eigenvalue weighted by Gasteiger charge is -2.26. The summed E-state index contributed by atoms with van der Waals surface area (Å²) < 4.78 is 5.04. The minimum absolute atomic E-state index is 0.0541. The first-order chi connectivity index (χ1) is 9.45. The van der Waals surface area contributed by atoms with Crippen LogP contribution >= 0.6 is 0 Å². The molecule has 112 valence electrons. The Labute approximate surface area is 121 Å².